The van der Waals surface area contributed by atoms with Gasteiger partial charge >= 0.3 is 0 Å². The van der Waals surface area contributed by atoms with Crippen LogP contribution < -0.4 is 10.6 Å². The summed E-state index contributed by atoms with van der Waals surface area (Å²) in [5.74, 6) is 0.308. The molecule has 1 aliphatic rings. The smallest absolute Gasteiger partial charge is 0.225 e. The molecule has 0 aliphatic carbocycles. The molecule has 0 aromatic rings. The quantitative estimate of drug-likeness (QED) is 0.593. The molecule has 0 bridgehead atoms. The van der Waals surface area contributed by atoms with Crippen LogP contribution in [-0.4, -0.2) is 38.8 Å². The number of nitrogens with one attached hydrogen (secondary N) is 2. The molecule has 1 aliphatic heterocycles. The van der Waals surface area contributed by atoms with Gasteiger partial charge in [-0.15, -0.1) is 0 Å². The van der Waals surface area contributed by atoms with E-state index in [1.54, 1.807) is 7.11 Å². The number of hydrogen-bond acceptors (Lipinski definition) is 3. The molecule has 0 aromatic carbocycles. The van der Waals surface area contributed by atoms with Crippen molar-refractivity contribution in [3.05, 3.63) is 0 Å². The first-order valence-electron chi connectivity index (χ1n) is 4.24. The van der Waals surface area contributed by atoms with E-state index < -0.39 is 0 Å². The first-order valence-corrected chi connectivity index (χ1v) is 4.24. The molecule has 12 heavy (non-hydrogen) atoms. The minimum atomic E-state index is 0.114. The lowest BCUT2D eigenvalue weighted by Crippen LogP contribution is -2.52. The molecule has 70 valence electrons. The van der Waals surface area contributed by atoms with Crippen molar-refractivity contribution >= 4 is 5.91 Å². The largest absolute Gasteiger partial charge is 0.383 e. The predicted octanol–water partition coefficient (Wildman–Crippen LogP) is -0.643. The van der Waals surface area contributed by atoms with Crippen LogP contribution in [-0.2, 0) is 9.53 Å². The monoisotopic (exact) mass is 172 g/mol. The summed E-state index contributed by atoms with van der Waals surface area (Å²) in [5.41, 5.74) is 0. The van der Waals surface area contributed by atoms with E-state index in [-0.39, 0.29) is 17.9 Å². The molecule has 0 radical (unpaired) electrons. The van der Waals surface area contributed by atoms with Crippen LogP contribution >= 0.6 is 0 Å². The van der Waals surface area contributed by atoms with Gasteiger partial charge in [-0.3, -0.25) is 4.79 Å². The van der Waals surface area contributed by atoms with Crippen LogP contribution in [0.1, 0.15) is 6.92 Å². The zero-order chi connectivity index (χ0) is 8.97. The van der Waals surface area contributed by atoms with Gasteiger partial charge in [0.25, 0.3) is 0 Å². The molecule has 0 saturated carbocycles. The third-order valence-corrected chi connectivity index (χ3v) is 1.96. The highest BCUT2D eigenvalue weighted by molar-refractivity contribution is 5.80. The van der Waals surface area contributed by atoms with Crippen molar-refractivity contribution in [3.8, 4) is 0 Å². The van der Waals surface area contributed by atoms with Crippen LogP contribution in [0, 0.1) is 5.92 Å². The Bertz CT molecular complexity index is 157. The number of carbonyl (C=O) groups excluding carboxylic acids is 1. The summed E-state index contributed by atoms with van der Waals surface area (Å²) in [5, 5.41) is 5.93. The Kier molecular flexibility index (Phi) is 3.49. The van der Waals surface area contributed by atoms with Crippen LogP contribution in [0.3, 0.4) is 0 Å². The first kappa shape index (κ1) is 9.48. The predicted molar refractivity (Wildman–Crippen MR) is 45.8 cm³/mol. The molecule has 1 unspecified atom stereocenters. The zero-order valence-corrected chi connectivity index (χ0v) is 7.59. The van der Waals surface area contributed by atoms with Crippen LogP contribution in [0.25, 0.3) is 0 Å². The maximum atomic E-state index is 11.3. The fourth-order valence-corrected chi connectivity index (χ4v) is 1.13. The maximum absolute atomic E-state index is 11.3. The highest BCUT2D eigenvalue weighted by Gasteiger charge is 2.25. The minimum Gasteiger partial charge on any atom is -0.383 e. The number of methoxy groups -OCH3 is 1. The Morgan fingerprint density at radius 1 is 1.75 bits per heavy atom. The highest BCUT2D eigenvalue weighted by atomic mass is 16.5. The molecule has 4 nitrogen and oxygen atoms in total. The maximum Gasteiger partial charge on any atom is 0.225 e. The average molecular weight is 172 g/mol. The van der Waals surface area contributed by atoms with Crippen LogP contribution in [0.5, 0.6) is 0 Å². The lowest BCUT2D eigenvalue weighted by Gasteiger charge is -2.27. The van der Waals surface area contributed by atoms with E-state index in [1.807, 2.05) is 6.92 Å². The fourth-order valence-electron chi connectivity index (χ4n) is 1.13. The van der Waals surface area contributed by atoms with Crippen LogP contribution in [0.2, 0.25) is 0 Å². The molecule has 1 fully saturated rings. The summed E-state index contributed by atoms with van der Waals surface area (Å²) in [4.78, 5) is 11.3. The second kappa shape index (κ2) is 4.42. The number of ether oxygens (including phenoxy) is 1. The van der Waals surface area contributed by atoms with Crippen LogP contribution in [0.15, 0.2) is 0 Å². The zero-order valence-electron chi connectivity index (χ0n) is 7.59. The van der Waals surface area contributed by atoms with Gasteiger partial charge in [0.1, 0.15) is 0 Å². The topological polar surface area (TPSA) is 50.4 Å². The molecule has 4 heteroatoms. The molecular weight excluding hydrogens is 156 g/mol. The van der Waals surface area contributed by atoms with E-state index in [0.29, 0.717) is 6.61 Å². The van der Waals surface area contributed by atoms with Crippen molar-refractivity contribution in [2.24, 2.45) is 5.92 Å². The second-order valence-corrected chi connectivity index (χ2v) is 3.22. The van der Waals surface area contributed by atoms with Gasteiger partial charge < -0.3 is 15.4 Å². The Labute approximate surface area is 72.7 Å². The first-order chi connectivity index (χ1) is 5.74. The Hall–Kier alpha value is -0.610. The summed E-state index contributed by atoms with van der Waals surface area (Å²) >= 11 is 0. The van der Waals surface area contributed by atoms with Gasteiger partial charge in [-0.2, -0.15) is 0 Å². The molecule has 2 N–H and O–H groups in total. The van der Waals surface area contributed by atoms with Crippen molar-refractivity contribution in [2.45, 2.75) is 13.0 Å². The van der Waals surface area contributed by atoms with Gasteiger partial charge in [0, 0.05) is 26.2 Å². The summed E-state index contributed by atoms with van der Waals surface area (Å²) in [6, 6.07) is 0.114. The number of hydrogen-bond donors (Lipinski definition) is 2. The Morgan fingerprint density at radius 2 is 2.42 bits per heavy atom. The normalized spacial score (nSPS) is 19.8. The van der Waals surface area contributed by atoms with Gasteiger partial charge in [-0.05, 0) is 6.92 Å². The average Bonchev–Trinajstić information content (AvgIpc) is 1.82. The standard InChI is InChI=1S/C8H16N2O2/c1-6(5-12-2)10-8(11)7-3-9-4-7/h6-7,9H,3-5H2,1-2H3,(H,10,11). The molecular formula is C8H16N2O2. The van der Waals surface area contributed by atoms with Gasteiger partial charge in [0.05, 0.1) is 12.5 Å². The van der Waals surface area contributed by atoms with Crippen LogP contribution in [0.4, 0.5) is 0 Å². The molecule has 0 spiro atoms. The third-order valence-electron chi connectivity index (χ3n) is 1.96. The summed E-state index contributed by atoms with van der Waals surface area (Å²) < 4.78 is 4.91. The van der Waals surface area contributed by atoms with E-state index in [9.17, 15) is 4.79 Å². The van der Waals surface area contributed by atoms with Crippen molar-refractivity contribution in [1.29, 1.82) is 0 Å². The SMILES string of the molecule is COCC(C)NC(=O)C1CNC1. The lowest BCUT2D eigenvalue weighted by atomic mass is 10.0. The Morgan fingerprint density at radius 3 is 2.83 bits per heavy atom. The van der Waals surface area contributed by atoms with E-state index in [2.05, 4.69) is 10.6 Å². The van der Waals surface area contributed by atoms with E-state index >= 15 is 0 Å². The molecule has 1 atom stereocenters. The molecule has 1 saturated heterocycles. The number of amides is 1. The number of rotatable bonds is 4. The molecule has 1 heterocycles. The lowest BCUT2D eigenvalue weighted by molar-refractivity contribution is -0.127. The second-order valence-electron chi connectivity index (χ2n) is 3.22. The molecule has 0 aromatic heterocycles. The Balaban J connectivity index is 2.15. The highest BCUT2D eigenvalue weighted by Crippen LogP contribution is 2.02. The van der Waals surface area contributed by atoms with Crippen molar-refractivity contribution in [1.82, 2.24) is 10.6 Å². The summed E-state index contributed by atoms with van der Waals surface area (Å²) in [6.07, 6.45) is 0. The van der Waals surface area contributed by atoms with Gasteiger partial charge in [-0.1, -0.05) is 0 Å². The van der Waals surface area contributed by atoms with Crippen molar-refractivity contribution < 1.29 is 9.53 Å². The minimum absolute atomic E-state index is 0.114. The van der Waals surface area contributed by atoms with Crippen molar-refractivity contribution in [2.75, 3.05) is 26.8 Å². The number of carbonyl (C=O) groups is 1. The van der Waals surface area contributed by atoms with Gasteiger partial charge in [0.15, 0.2) is 0 Å². The summed E-state index contributed by atoms with van der Waals surface area (Å²) in [6.45, 7) is 4.14. The van der Waals surface area contributed by atoms with Gasteiger partial charge in [-0.25, -0.2) is 0 Å². The van der Waals surface area contributed by atoms with Gasteiger partial charge in [0.2, 0.25) is 5.91 Å². The van der Waals surface area contributed by atoms with E-state index in [0.717, 1.165) is 13.1 Å². The summed E-state index contributed by atoms with van der Waals surface area (Å²) in [7, 11) is 1.63. The molecule has 1 amide bonds. The molecule has 1 rings (SSSR count). The van der Waals surface area contributed by atoms with Crippen molar-refractivity contribution in [3.63, 3.8) is 0 Å². The third kappa shape index (κ3) is 2.46. The fraction of sp³-hybridized carbons (Fsp3) is 0.875. The van der Waals surface area contributed by atoms with E-state index in [1.165, 1.54) is 0 Å². The van der Waals surface area contributed by atoms with E-state index in [4.69, 9.17) is 4.74 Å².